The van der Waals surface area contributed by atoms with Gasteiger partial charge in [0, 0.05) is 16.4 Å². The van der Waals surface area contributed by atoms with Crippen LogP contribution in [-0.4, -0.2) is 17.5 Å². The van der Waals surface area contributed by atoms with Crippen LogP contribution in [0, 0.1) is 12.8 Å². The summed E-state index contributed by atoms with van der Waals surface area (Å²) in [7, 11) is 0. The second-order valence-corrected chi connectivity index (χ2v) is 6.03. The molecule has 1 fully saturated rings. The van der Waals surface area contributed by atoms with Crippen LogP contribution in [0.15, 0.2) is 28.9 Å². The van der Waals surface area contributed by atoms with Gasteiger partial charge in [0.1, 0.15) is 0 Å². The molecule has 1 aliphatic rings. The number of fused-ring (bicyclic) bond motifs is 1. The summed E-state index contributed by atoms with van der Waals surface area (Å²) in [6.07, 6.45) is 5.99. The number of hydrogen-bond donors (Lipinski definition) is 1. The average Bonchev–Trinajstić information content (AvgIpc) is 2.66. The monoisotopic (exact) mass is 306 g/mol. The Morgan fingerprint density at radius 1 is 1.33 bits per heavy atom. The maximum absolute atomic E-state index is 3.73. The fourth-order valence-corrected chi connectivity index (χ4v) is 3.52. The Balaban J connectivity index is 1.97. The molecule has 3 rings (SSSR count). The molecule has 3 heterocycles. The predicted octanol–water partition coefficient (Wildman–Crippen LogP) is 3.55. The minimum atomic E-state index is 0.829. The molecule has 1 aliphatic heterocycles. The SMILES string of the molecule is Cc1c(Br)c2ccccn2c1CC1CCNCC1. The molecule has 18 heavy (non-hydrogen) atoms. The van der Waals surface area contributed by atoms with Gasteiger partial charge < -0.3 is 9.72 Å². The first-order valence-corrected chi connectivity index (χ1v) is 7.51. The minimum absolute atomic E-state index is 0.829. The number of hydrogen-bond acceptors (Lipinski definition) is 1. The molecule has 2 nitrogen and oxygen atoms in total. The molecule has 2 aromatic rings. The lowest BCUT2D eigenvalue weighted by molar-refractivity contribution is 0.369. The number of halogens is 1. The molecule has 0 bridgehead atoms. The van der Waals surface area contributed by atoms with Crippen LogP contribution in [0.4, 0.5) is 0 Å². The lowest BCUT2D eigenvalue weighted by Crippen LogP contribution is -2.29. The smallest absolute Gasteiger partial charge is 0.0597 e. The van der Waals surface area contributed by atoms with Gasteiger partial charge in [0.05, 0.1) is 5.52 Å². The molecule has 0 amide bonds. The highest BCUT2D eigenvalue weighted by Crippen LogP contribution is 2.31. The van der Waals surface area contributed by atoms with Crippen LogP contribution in [0.1, 0.15) is 24.1 Å². The van der Waals surface area contributed by atoms with Gasteiger partial charge in [-0.1, -0.05) is 6.07 Å². The molecule has 0 aliphatic carbocycles. The molecule has 1 saturated heterocycles. The van der Waals surface area contributed by atoms with E-state index < -0.39 is 0 Å². The van der Waals surface area contributed by atoms with Crippen molar-refractivity contribution in [1.29, 1.82) is 0 Å². The van der Waals surface area contributed by atoms with Crippen molar-refractivity contribution >= 4 is 21.4 Å². The predicted molar refractivity (Wildman–Crippen MR) is 79.1 cm³/mol. The van der Waals surface area contributed by atoms with Crippen LogP contribution in [-0.2, 0) is 6.42 Å². The molecule has 0 spiro atoms. The Bertz CT molecular complexity index is 553. The Hall–Kier alpha value is -0.800. The normalized spacial score (nSPS) is 17.4. The zero-order chi connectivity index (χ0) is 12.5. The Labute approximate surface area is 117 Å². The van der Waals surface area contributed by atoms with Gasteiger partial charge in [-0.05, 0) is 78.8 Å². The first kappa shape index (κ1) is 12.2. The summed E-state index contributed by atoms with van der Waals surface area (Å²) < 4.78 is 3.61. The molecule has 96 valence electrons. The van der Waals surface area contributed by atoms with Gasteiger partial charge in [-0.25, -0.2) is 0 Å². The zero-order valence-corrected chi connectivity index (χ0v) is 12.3. The fraction of sp³-hybridized carbons (Fsp3) is 0.467. The van der Waals surface area contributed by atoms with Crippen molar-refractivity contribution in [3.63, 3.8) is 0 Å². The molecular weight excluding hydrogens is 288 g/mol. The second kappa shape index (κ2) is 5.06. The summed E-state index contributed by atoms with van der Waals surface area (Å²) in [5.41, 5.74) is 4.17. The van der Waals surface area contributed by atoms with E-state index in [2.05, 4.69) is 57.0 Å². The topological polar surface area (TPSA) is 16.4 Å². The van der Waals surface area contributed by atoms with Crippen LogP contribution in [0.2, 0.25) is 0 Å². The van der Waals surface area contributed by atoms with Crippen molar-refractivity contribution in [1.82, 2.24) is 9.72 Å². The summed E-state index contributed by atoms with van der Waals surface area (Å²) in [6, 6.07) is 6.40. The van der Waals surface area contributed by atoms with E-state index >= 15 is 0 Å². The largest absolute Gasteiger partial charge is 0.319 e. The van der Waals surface area contributed by atoms with Gasteiger partial charge in [0.15, 0.2) is 0 Å². The molecular formula is C15H19BrN2. The van der Waals surface area contributed by atoms with Crippen molar-refractivity contribution in [3.05, 3.63) is 40.1 Å². The third-order valence-electron chi connectivity index (χ3n) is 4.08. The molecule has 0 atom stereocenters. The van der Waals surface area contributed by atoms with Crippen LogP contribution in [0.25, 0.3) is 5.52 Å². The van der Waals surface area contributed by atoms with E-state index in [-0.39, 0.29) is 0 Å². The molecule has 3 heteroatoms. The number of rotatable bonds is 2. The van der Waals surface area contributed by atoms with Crippen LogP contribution >= 0.6 is 15.9 Å². The van der Waals surface area contributed by atoms with E-state index in [4.69, 9.17) is 0 Å². The number of nitrogens with one attached hydrogen (secondary N) is 1. The van der Waals surface area contributed by atoms with E-state index in [1.807, 2.05) is 0 Å². The average molecular weight is 307 g/mol. The lowest BCUT2D eigenvalue weighted by atomic mass is 9.92. The van der Waals surface area contributed by atoms with Crippen molar-refractivity contribution in [2.75, 3.05) is 13.1 Å². The van der Waals surface area contributed by atoms with E-state index in [1.165, 1.54) is 53.6 Å². The number of pyridine rings is 1. The summed E-state index contributed by atoms with van der Waals surface area (Å²) in [4.78, 5) is 0. The van der Waals surface area contributed by atoms with Gasteiger partial charge in [-0.2, -0.15) is 0 Å². The number of piperidine rings is 1. The number of nitrogens with zero attached hydrogens (tertiary/aromatic N) is 1. The Kier molecular flexibility index (Phi) is 3.44. The summed E-state index contributed by atoms with van der Waals surface area (Å²) >= 11 is 3.73. The van der Waals surface area contributed by atoms with Gasteiger partial charge in [0.2, 0.25) is 0 Å². The first-order chi connectivity index (χ1) is 8.77. The summed E-state index contributed by atoms with van der Waals surface area (Å²) in [6.45, 7) is 4.58. The molecule has 2 aromatic heterocycles. The van der Waals surface area contributed by atoms with E-state index in [1.54, 1.807) is 0 Å². The zero-order valence-electron chi connectivity index (χ0n) is 10.7. The van der Waals surface area contributed by atoms with Crippen LogP contribution in [0.3, 0.4) is 0 Å². The summed E-state index contributed by atoms with van der Waals surface area (Å²) in [5.74, 6) is 0.829. The Morgan fingerprint density at radius 2 is 2.11 bits per heavy atom. The van der Waals surface area contributed by atoms with E-state index in [0.29, 0.717) is 0 Å². The van der Waals surface area contributed by atoms with Gasteiger partial charge >= 0.3 is 0 Å². The maximum atomic E-state index is 3.73. The highest BCUT2D eigenvalue weighted by molar-refractivity contribution is 9.10. The van der Waals surface area contributed by atoms with E-state index in [9.17, 15) is 0 Å². The second-order valence-electron chi connectivity index (χ2n) is 5.24. The van der Waals surface area contributed by atoms with Crippen LogP contribution in [0.5, 0.6) is 0 Å². The summed E-state index contributed by atoms with van der Waals surface area (Å²) in [5, 5.41) is 3.44. The molecule has 0 unspecified atom stereocenters. The quantitative estimate of drug-likeness (QED) is 0.897. The van der Waals surface area contributed by atoms with Crippen molar-refractivity contribution in [2.45, 2.75) is 26.2 Å². The van der Waals surface area contributed by atoms with Crippen molar-refractivity contribution < 1.29 is 0 Å². The molecule has 0 saturated carbocycles. The van der Waals surface area contributed by atoms with Gasteiger partial charge in [0.25, 0.3) is 0 Å². The maximum Gasteiger partial charge on any atom is 0.0597 e. The number of aromatic nitrogens is 1. The molecule has 0 aromatic carbocycles. The molecule has 0 radical (unpaired) electrons. The highest BCUT2D eigenvalue weighted by Gasteiger charge is 2.19. The highest BCUT2D eigenvalue weighted by atomic mass is 79.9. The lowest BCUT2D eigenvalue weighted by Gasteiger charge is -2.22. The molecule has 1 N–H and O–H groups in total. The minimum Gasteiger partial charge on any atom is -0.319 e. The Morgan fingerprint density at radius 3 is 2.89 bits per heavy atom. The third kappa shape index (κ3) is 2.10. The van der Waals surface area contributed by atoms with Crippen molar-refractivity contribution in [2.24, 2.45) is 5.92 Å². The van der Waals surface area contributed by atoms with Gasteiger partial charge in [-0.3, -0.25) is 0 Å². The van der Waals surface area contributed by atoms with Gasteiger partial charge in [-0.15, -0.1) is 0 Å². The fourth-order valence-electron chi connectivity index (χ4n) is 2.97. The first-order valence-electron chi connectivity index (χ1n) is 6.72. The van der Waals surface area contributed by atoms with Crippen LogP contribution < -0.4 is 5.32 Å². The van der Waals surface area contributed by atoms with Crippen molar-refractivity contribution in [3.8, 4) is 0 Å². The van der Waals surface area contributed by atoms with E-state index in [0.717, 1.165) is 5.92 Å². The standard InChI is InChI=1S/C15H19BrN2/c1-11-14(10-12-5-7-17-8-6-12)18-9-3-2-4-13(18)15(11)16/h2-4,9,12,17H,5-8,10H2,1H3. The third-order valence-corrected chi connectivity index (χ3v) is 5.08.